The number of hydrogen-bond acceptors (Lipinski definition) is 5. The summed E-state index contributed by atoms with van der Waals surface area (Å²) in [6.45, 7) is 2.71. The first-order valence-electron chi connectivity index (χ1n) is 6.16. The van der Waals surface area contributed by atoms with Crippen molar-refractivity contribution < 1.29 is 18.9 Å². The Bertz CT molecular complexity index is 380. The summed E-state index contributed by atoms with van der Waals surface area (Å²) in [6, 6.07) is 5.93. The Kier molecular flexibility index (Phi) is 6.62. The van der Waals surface area contributed by atoms with Gasteiger partial charge in [0.15, 0.2) is 17.8 Å². The molecule has 0 aromatic heterocycles. The molecule has 0 radical (unpaired) electrons. The van der Waals surface area contributed by atoms with E-state index in [9.17, 15) is 0 Å². The zero-order chi connectivity index (χ0) is 14.3. The molecule has 0 fully saturated rings. The van der Waals surface area contributed by atoms with Gasteiger partial charge in [0.1, 0.15) is 0 Å². The highest BCUT2D eigenvalue weighted by Crippen LogP contribution is 2.27. The molecule has 1 rings (SSSR count). The fourth-order valence-electron chi connectivity index (χ4n) is 1.87. The largest absolute Gasteiger partial charge is 0.493 e. The predicted molar refractivity (Wildman–Crippen MR) is 73.7 cm³/mol. The molecule has 0 saturated heterocycles. The van der Waals surface area contributed by atoms with Crippen LogP contribution in [0.4, 0.5) is 0 Å². The van der Waals surface area contributed by atoms with Gasteiger partial charge in [-0.15, -0.1) is 0 Å². The van der Waals surface area contributed by atoms with Gasteiger partial charge in [0.25, 0.3) is 0 Å². The topological polar surface area (TPSA) is 49.0 Å². The minimum absolute atomic E-state index is 0.0862. The molecule has 5 heteroatoms. The minimum atomic E-state index is -0.264. The van der Waals surface area contributed by atoms with E-state index in [2.05, 4.69) is 5.32 Å². The van der Waals surface area contributed by atoms with Crippen LogP contribution in [0.5, 0.6) is 11.5 Å². The van der Waals surface area contributed by atoms with E-state index >= 15 is 0 Å². The van der Waals surface area contributed by atoms with Crippen molar-refractivity contribution in [2.75, 3.05) is 28.4 Å². The third kappa shape index (κ3) is 4.38. The average molecular weight is 269 g/mol. The predicted octanol–water partition coefficient (Wildman–Crippen LogP) is 1.80. The highest BCUT2D eigenvalue weighted by atomic mass is 16.7. The van der Waals surface area contributed by atoms with Crippen molar-refractivity contribution in [1.82, 2.24) is 5.32 Å². The lowest BCUT2D eigenvalue weighted by atomic mass is 10.2. The lowest BCUT2D eigenvalue weighted by Gasteiger charge is -2.22. The number of benzene rings is 1. The van der Waals surface area contributed by atoms with Crippen LogP contribution in [0.15, 0.2) is 18.2 Å². The van der Waals surface area contributed by atoms with Crippen molar-refractivity contribution in [3.05, 3.63) is 23.8 Å². The molecule has 0 aliphatic carbocycles. The molecule has 5 nitrogen and oxygen atoms in total. The van der Waals surface area contributed by atoms with Crippen molar-refractivity contribution in [3.63, 3.8) is 0 Å². The highest BCUT2D eigenvalue weighted by molar-refractivity contribution is 5.42. The summed E-state index contributed by atoms with van der Waals surface area (Å²) in [5, 5.41) is 3.34. The van der Waals surface area contributed by atoms with Crippen LogP contribution in [-0.2, 0) is 16.0 Å². The lowest BCUT2D eigenvalue weighted by molar-refractivity contribution is -0.119. The first kappa shape index (κ1) is 15.8. The van der Waals surface area contributed by atoms with Crippen LogP contribution < -0.4 is 14.8 Å². The van der Waals surface area contributed by atoms with Crippen molar-refractivity contribution in [3.8, 4) is 11.5 Å². The zero-order valence-corrected chi connectivity index (χ0v) is 12.2. The molecule has 0 unspecified atom stereocenters. The van der Waals surface area contributed by atoms with Gasteiger partial charge in [-0.1, -0.05) is 6.07 Å². The van der Waals surface area contributed by atoms with E-state index in [1.165, 1.54) is 0 Å². The quantitative estimate of drug-likeness (QED) is 0.729. The zero-order valence-electron chi connectivity index (χ0n) is 12.2. The van der Waals surface area contributed by atoms with Gasteiger partial charge < -0.3 is 24.3 Å². The molecule has 0 spiro atoms. The van der Waals surface area contributed by atoms with E-state index in [0.717, 1.165) is 17.1 Å². The maximum absolute atomic E-state index is 5.27. The average Bonchev–Trinajstić information content (AvgIpc) is 2.45. The van der Waals surface area contributed by atoms with Crippen LogP contribution in [-0.4, -0.2) is 40.8 Å². The number of ether oxygens (including phenoxy) is 4. The van der Waals surface area contributed by atoms with Gasteiger partial charge in [-0.25, -0.2) is 0 Å². The summed E-state index contributed by atoms with van der Waals surface area (Å²) in [7, 11) is 6.51. The molecule has 1 N–H and O–H groups in total. The molecule has 1 aromatic rings. The molecule has 1 aromatic carbocycles. The molecule has 0 aliphatic rings. The van der Waals surface area contributed by atoms with Crippen LogP contribution in [0.1, 0.15) is 12.5 Å². The SMILES string of the molecule is COc1ccc(CN[C@@H](C)C(OC)OC)cc1OC. The lowest BCUT2D eigenvalue weighted by Crippen LogP contribution is -2.39. The minimum Gasteiger partial charge on any atom is -0.493 e. The van der Waals surface area contributed by atoms with Crippen molar-refractivity contribution in [2.24, 2.45) is 0 Å². The molecular weight excluding hydrogens is 246 g/mol. The van der Waals surface area contributed by atoms with Crippen molar-refractivity contribution in [1.29, 1.82) is 0 Å². The third-order valence-electron chi connectivity index (χ3n) is 2.95. The summed E-state index contributed by atoms with van der Waals surface area (Å²) in [5.41, 5.74) is 1.11. The van der Waals surface area contributed by atoms with E-state index in [1.54, 1.807) is 28.4 Å². The molecule has 0 bridgehead atoms. The third-order valence-corrected chi connectivity index (χ3v) is 2.95. The summed E-state index contributed by atoms with van der Waals surface area (Å²) < 4.78 is 20.9. The number of hydrogen-bond donors (Lipinski definition) is 1. The Balaban J connectivity index is 2.62. The second-order valence-corrected chi connectivity index (χ2v) is 4.20. The fourth-order valence-corrected chi connectivity index (χ4v) is 1.87. The Morgan fingerprint density at radius 2 is 1.63 bits per heavy atom. The van der Waals surface area contributed by atoms with E-state index < -0.39 is 0 Å². The Labute approximate surface area is 114 Å². The van der Waals surface area contributed by atoms with E-state index in [0.29, 0.717) is 6.54 Å². The molecule has 0 amide bonds. The molecule has 1 atom stereocenters. The summed E-state index contributed by atoms with van der Waals surface area (Å²) in [5.74, 6) is 1.45. The Morgan fingerprint density at radius 3 is 2.16 bits per heavy atom. The first-order chi connectivity index (χ1) is 9.15. The van der Waals surface area contributed by atoms with Crippen LogP contribution in [0, 0.1) is 0 Å². The van der Waals surface area contributed by atoms with Crippen molar-refractivity contribution >= 4 is 0 Å². The van der Waals surface area contributed by atoms with E-state index in [-0.39, 0.29) is 12.3 Å². The smallest absolute Gasteiger partial charge is 0.171 e. The van der Waals surface area contributed by atoms with Crippen LogP contribution in [0.25, 0.3) is 0 Å². The van der Waals surface area contributed by atoms with Crippen molar-refractivity contribution in [2.45, 2.75) is 25.8 Å². The van der Waals surface area contributed by atoms with Crippen LogP contribution >= 0.6 is 0 Å². The molecule has 0 saturated carbocycles. The maximum atomic E-state index is 5.27. The maximum Gasteiger partial charge on any atom is 0.171 e. The molecular formula is C14H23NO4. The van der Waals surface area contributed by atoms with Gasteiger partial charge in [0.2, 0.25) is 0 Å². The molecule has 0 heterocycles. The van der Waals surface area contributed by atoms with Gasteiger partial charge in [0, 0.05) is 20.8 Å². The molecule has 108 valence electrons. The summed E-state index contributed by atoms with van der Waals surface area (Å²) >= 11 is 0. The Morgan fingerprint density at radius 1 is 1.00 bits per heavy atom. The number of methoxy groups -OCH3 is 4. The number of nitrogens with one attached hydrogen (secondary N) is 1. The normalized spacial score (nSPS) is 12.5. The van der Waals surface area contributed by atoms with E-state index in [1.807, 2.05) is 25.1 Å². The Hall–Kier alpha value is -1.30. The van der Waals surface area contributed by atoms with Crippen LogP contribution in [0.3, 0.4) is 0 Å². The molecule has 19 heavy (non-hydrogen) atoms. The highest BCUT2D eigenvalue weighted by Gasteiger charge is 2.15. The van der Waals surface area contributed by atoms with Gasteiger partial charge in [-0.3, -0.25) is 0 Å². The van der Waals surface area contributed by atoms with Crippen LogP contribution in [0.2, 0.25) is 0 Å². The standard InChI is InChI=1S/C14H23NO4/c1-10(14(18-4)19-5)15-9-11-6-7-12(16-2)13(8-11)17-3/h6-8,10,14-15H,9H2,1-5H3/t10-/m0/s1. The van der Waals surface area contributed by atoms with Gasteiger partial charge in [-0.05, 0) is 24.6 Å². The monoisotopic (exact) mass is 269 g/mol. The van der Waals surface area contributed by atoms with Gasteiger partial charge in [0.05, 0.1) is 20.3 Å². The second kappa shape index (κ2) is 7.99. The summed E-state index contributed by atoms with van der Waals surface area (Å²) in [4.78, 5) is 0. The van der Waals surface area contributed by atoms with E-state index in [4.69, 9.17) is 18.9 Å². The number of rotatable bonds is 8. The fraction of sp³-hybridized carbons (Fsp3) is 0.571. The first-order valence-corrected chi connectivity index (χ1v) is 6.16. The van der Waals surface area contributed by atoms with Gasteiger partial charge in [-0.2, -0.15) is 0 Å². The summed E-state index contributed by atoms with van der Waals surface area (Å²) in [6.07, 6.45) is -0.264. The second-order valence-electron chi connectivity index (χ2n) is 4.20. The van der Waals surface area contributed by atoms with Gasteiger partial charge >= 0.3 is 0 Å². The molecule has 0 aliphatic heterocycles.